The predicted octanol–water partition coefficient (Wildman–Crippen LogP) is 3.95. The van der Waals surface area contributed by atoms with Crippen LogP contribution in [0.3, 0.4) is 0 Å². The first kappa shape index (κ1) is 21.4. The number of benzene rings is 2. The van der Waals surface area contributed by atoms with Crippen LogP contribution in [-0.4, -0.2) is 60.1 Å². The van der Waals surface area contributed by atoms with E-state index in [1.54, 1.807) is 29.2 Å². The van der Waals surface area contributed by atoms with Crippen LogP contribution in [0.2, 0.25) is 10.0 Å². The zero-order valence-electron chi connectivity index (χ0n) is 16.6. The van der Waals surface area contributed by atoms with Crippen molar-refractivity contribution in [2.75, 3.05) is 33.3 Å². The highest BCUT2D eigenvalue weighted by molar-refractivity contribution is 6.35. The molecule has 160 valence electrons. The van der Waals surface area contributed by atoms with Gasteiger partial charge in [-0.05, 0) is 42.7 Å². The van der Waals surface area contributed by atoms with Crippen LogP contribution in [0.25, 0.3) is 0 Å². The van der Waals surface area contributed by atoms with Crippen LogP contribution < -0.4 is 4.74 Å². The summed E-state index contributed by atoms with van der Waals surface area (Å²) < 4.78 is 18.7. The second-order valence-electron chi connectivity index (χ2n) is 7.90. The van der Waals surface area contributed by atoms with E-state index in [-0.39, 0.29) is 17.0 Å². The highest BCUT2D eigenvalue weighted by atomic mass is 35.5. The van der Waals surface area contributed by atoms with E-state index in [0.717, 1.165) is 0 Å². The number of methoxy groups -OCH3 is 1. The Morgan fingerprint density at radius 3 is 2.80 bits per heavy atom. The van der Waals surface area contributed by atoms with Crippen LogP contribution in [0.15, 0.2) is 36.4 Å². The van der Waals surface area contributed by atoms with Gasteiger partial charge in [-0.15, -0.1) is 0 Å². The summed E-state index contributed by atoms with van der Waals surface area (Å²) in [6, 6.07) is 9.70. The predicted molar refractivity (Wildman–Crippen MR) is 114 cm³/mol. The fraction of sp³-hybridized carbons (Fsp3) is 0.409. The SMILES string of the molecule is COc1cccc(C(=O)N2CCN3C[C@](O)(c4ccc(F)c(Cl)c4)CC[C@H]3C2)c1Cl. The lowest BCUT2D eigenvalue weighted by Gasteiger charge is -2.49. The van der Waals surface area contributed by atoms with E-state index < -0.39 is 11.4 Å². The summed E-state index contributed by atoms with van der Waals surface area (Å²) in [6.45, 7) is 2.15. The van der Waals surface area contributed by atoms with Crippen molar-refractivity contribution in [3.63, 3.8) is 0 Å². The number of carbonyl (C=O) groups excluding carboxylic acids is 1. The highest BCUT2D eigenvalue weighted by Gasteiger charge is 2.42. The summed E-state index contributed by atoms with van der Waals surface area (Å²) in [4.78, 5) is 17.0. The lowest BCUT2D eigenvalue weighted by molar-refractivity contribution is -0.0740. The minimum atomic E-state index is -1.09. The molecule has 5 nitrogen and oxygen atoms in total. The fourth-order valence-corrected chi connectivity index (χ4v) is 4.87. The lowest BCUT2D eigenvalue weighted by Crippen LogP contribution is -2.60. The van der Waals surface area contributed by atoms with Gasteiger partial charge in [0.05, 0.1) is 22.7 Å². The Kier molecular flexibility index (Phi) is 5.95. The molecule has 0 aromatic heterocycles. The third-order valence-corrected chi connectivity index (χ3v) is 6.80. The van der Waals surface area contributed by atoms with Crippen LogP contribution in [0, 0.1) is 5.82 Å². The number of hydrogen-bond acceptors (Lipinski definition) is 4. The Hall–Kier alpha value is -1.86. The maximum Gasteiger partial charge on any atom is 0.255 e. The molecule has 2 aromatic rings. The summed E-state index contributed by atoms with van der Waals surface area (Å²) in [5.74, 6) is -0.146. The van der Waals surface area contributed by atoms with E-state index in [9.17, 15) is 14.3 Å². The van der Waals surface area contributed by atoms with Crippen molar-refractivity contribution in [3.8, 4) is 5.75 Å². The molecule has 0 unspecified atom stereocenters. The van der Waals surface area contributed by atoms with E-state index >= 15 is 0 Å². The average molecular weight is 453 g/mol. The quantitative estimate of drug-likeness (QED) is 0.765. The molecular weight excluding hydrogens is 430 g/mol. The summed E-state index contributed by atoms with van der Waals surface area (Å²) >= 11 is 12.3. The van der Waals surface area contributed by atoms with Crippen molar-refractivity contribution in [1.82, 2.24) is 9.80 Å². The van der Waals surface area contributed by atoms with Gasteiger partial charge in [-0.3, -0.25) is 9.69 Å². The smallest absolute Gasteiger partial charge is 0.255 e. The van der Waals surface area contributed by atoms with Gasteiger partial charge >= 0.3 is 0 Å². The highest BCUT2D eigenvalue weighted by Crippen LogP contribution is 2.37. The molecule has 1 amide bonds. The van der Waals surface area contributed by atoms with Crippen LogP contribution in [0.4, 0.5) is 4.39 Å². The molecule has 2 aromatic carbocycles. The molecule has 1 N–H and O–H groups in total. The number of halogens is 3. The van der Waals surface area contributed by atoms with Crippen LogP contribution in [0.5, 0.6) is 5.75 Å². The molecule has 0 aliphatic carbocycles. The van der Waals surface area contributed by atoms with Crippen molar-refractivity contribution in [2.24, 2.45) is 0 Å². The van der Waals surface area contributed by atoms with E-state index in [1.807, 2.05) is 0 Å². The third-order valence-electron chi connectivity index (χ3n) is 6.12. The molecule has 2 saturated heterocycles. The van der Waals surface area contributed by atoms with Gasteiger partial charge < -0.3 is 14.7 Å². The molecule has 2 aliphatic heterocycles. The Morgan fingerprint density at radius 2 is 2.07 bits per heavy atom. The molecular formula is C22H23Cl2FN2O3. The number of aliphatic hydroxyl groups is 1. The maximum absolute atomic E-state index is 13.5. The van der Waals surface area contributed by atoms with Gasteiger partial charge in [-0.1, -0.05) is 35.3 Å². The molecule has 2 aliphatic rings. The maximum atomic E-state index is 13.5. The Balaban J connectivity index is 1.47. The molecule has 30 heavy (non-hydrogen) atoms. The Labute approximate surface area is 184 Å². The van der Waals surface area contributed by atoms with Gasteiger partial charge in [0.2, 0.25) is 0 Å². The lowest BCUT2D eigenvalue weighted by atomic mass is 9.82. The number of ether oxygens (including phenoxy) is 1. The van der Waals surface area contributed by atoms with Gasteiger partial charge in [0, 0.05) is 32.2 Å². The molecule has 0 saturated carbocycles. The standard InChI is InChI=1S/C22H23Cl2FN2O3/c1-30-19-4-2-3-16(20(19)24)21(28)26-9-10-27-13-22(29,8-7-15(27)12-26)14-5-6-18(25)17(23)11-14/h2-6,11,15,29H,7-10,12-13H2,1H3/t15-,22-/m0/s1. The van der Waals surface area contributed by atoms with Crippen molar-refractivity contribution in [1.29, 1.82) is 0 Å². The molecule has 2 fully saturated rings. The van der Waals surface area contributed by atoms with E-state index in [2.05, 4.69) is 4.90 Å². The van der Waals surface area contributed by atoms with Gasteiger partial charge in [-0.2, -0.15) is 0 Å². The molecule has 4 rings (SSSR count). The average Bonchev–Trinajstić information content (AvgIpc) is 2.75. The number of piperidine rings is 1. The third kappa shape index (κ3) is 3.89. The molecule has 0 spiro atoms. The summed E-state index contributed by atoms with van der Waals surface area (Å²) in [7, 11) is 1.52. The zero-order chi connectivity index (χ0) is 21.5. The van der Waals surface area contributed by atoms with E-state index in [0.29, 0.717) is 60.9 Å². The number of nitrogens with zero attached hydrogens (tertiary/aromatic N) is 2. The monoisotopic (exact) mass is 452 g/mol. The Morgan fingerprint density at radius 1 is 1.27 bits per heavy atom. The van der Waals surface area contributed by atoms with Crippen LogP contribution >= 0.6 is 23.2 Å². The van der Waals surface area contributed by atoms with Gasteiger partial charge in [-0.25, -0.2) is 4.39 Å². The first-order valence-corrected chi connectivity index (χ1v) is 10.6. The van der Waals surface area contributed by atoms with Gasteiger partial charge in [0.15, 0.2) is 0 Å². The normalized spacial score (nSPS) is 24.4. The minimum Gasteiger partial charge on any atom is -0.495 e. The van der Waals surface area contributed by atoms with Crippen molar-refractivity contribution < 1.29 is 19.0 Å². The summed E-state index contributed by atoms with van der Waals surface area (Å²) in [5.41, 5.74) is -0.0393. The Bertz CT molecular complexity index is 973. The molecule has 0 bridgehead atoms. The van der Waals surface area contributed by atoms with Gasteiger partial charge in [0.25, 0.3) is 5.91 Å². The molecule has 2 heterocycles. The molecule has 8 heteroatoms. The molecule has 2 atom stereocenters. The number of carbonyl (C=O) groups is 1. The number of amides is 1. The van der Waals surface area contributed by atoms with Crippen molar-refractivity contribution in [2.45, 2.75) is 24.5 Å². The van der Waals surface area contributed by atoms with E-state index in [1.165, 1.54) is 19.2 Å². The minimum absolute atomic E-state index is 0.00799. The largest absolute Gasteiger partial charge is 0.495 e. The first-order valence-electron chi connectivity index (χ1n) is 9.86. The van der Waals surface area contributed by atoms with Crippen molar-refractivity contribution in [3.05, 3.63) is 63.4 Å². The topological polar surface area (TPSA) is 53.0 Å². The molecule has 0 radical (unpaired) electrons. The second kappa shape index (κ2) is 8.35. The van der Waals surface area contributed by atoms with Crippen LogP contribution in [0.1, 0.15) is 28.8 Å². The summed E-state index contributed by atoms with van der Waals surface area (Å²) in [5, 5.41) is 11.5. The van der Waals surface area contributed by atoms with Gasteiger partial charge in [0.1, 0.15) is 17.2 Å². The van der Waals surface area contributed by atoms with Crippen LogP contribution in [-0.2, 0) is 5.60 Å². The van der Waals surface area contributed by atoms with Crippen molar-refractivity contribution >= 4 is 29.1 Å². The number of fused-ring (bicyclic) bond motifs is 1. The first-order chi connectivity index (χ1) is 14.3. The summed E-state index contributed by atoms with van der Waals surface area (Å²) in [6.07, 6.45) is 1.22. The number of hydrogen-bond donors (Lipinski definition) is 1. The zero-order valence-corrected chi connectivity index (χ0v) is 18.1. The fourth-order valence-electron chi connectivity index (χ4n) is 4.40. The second-order valence-corrected chi connectivity index (χ2v) is 8.68. The number of rotatable bonds is 3. The number of piperazine rings is 1. The van der Waals surface area contributed by atoms with E-state index in [4.69, 9.17) is 27.9 Å².